The molecule has 0 aromatic rings. The van der Waals surface area contributed by atoms with E-state index in [1.165, 1.54) is 31.8 Å². The molecular weight excluding hydrogens is 250 g/mol. The normalized spacial score (nSPS) is 13.2. The van der Waals surface area contributed by atoms with E-state index in [0.29, 0.717) is 0 Å². The fourth-order valence-electron chi connectivity index (χ4n) is 2.25. The molecule has 0 saturated carbocycles. The first-order valence-electron chi connectivity index (χ1n) is 7.42. The molecule has 114 valence electrons. The lowest BCUT2D eigenvalue weighted by Gasteiger charge is -2.31. The topological polar surface area (TPSA) is 41.8 Å². The lowest BCUT2D eigenvalue weighted by Crippen LogP contribution is -2.18. The van der Waals surface area contributed by atoms with Gasteiger partial charge in [-0.25, -0.2) is 10.2 Å². The van der Waals surface area contributed by atoms with E-state index < -0.39 is 0 Å². The van der Waals surface area contributed by atoms with Crippen LogP contribution in [-0.2, 0) is 4.89 Å². The highest BCUT2D eigenvalue weighted by atomic mass is 17.1. The molecule has 0 aromatic carbocycles. The molecule has 0 aromatic heterocycles. The molecule has 1 N–H and O–H groups in total. The van der Waals surface area contributed by atoms with E-state index in [1.54, 1.807) is 6.20 Å². The summed E-state index contributed by atoms with van der Waals surface area (Å²) >= 11 is 0. The van der Waals surface area contributed by atoms with Gasteiger partial charge in [-0.2, -0.15) is 0 Å². The van der Waals surface area contributed by atoms with Gasteiger partial charge >= 0.3 is 0 Å². The SMILES string of the molecule is C=C/C(=C\N=C(/C=C)OO)C(C)(CCCC)CCCC. The van der Waals surface area contributed by atoms with Crippen LogP contribution in [0.4, 0.5) is 0 Å². The van der Waals surface area contributed by atoms with Gasteiger partial charge in [-0.15, -0.1) is 0 Å². The van der Waals surface area contributed by atoms with Gasteiger partial charge < -0.3 is 4.89 Å². The van der Waals surface area contributed by atoms with Gasteiger partial charge in [-0.3, -0.25) is 0 Å². The summed E-state index contributed by atoms with van der Waals surface area (Å²) < 4.78 is 0. The highest BCUT2D eigenvalue weighted by Crippen LogP contribution is 2.38. The molecule has 0 radical (unpaired) electrons. The van der Waals surface area contributed by atoms with Crippen molar-refractivity contribution in [1.82, 2.24) is 0 Å². The monoisotopic (exact) mass is 279 g/mol. The zero-order valence-electron chi connectivity index (χ0n) is 13.2. The molecule has 0 heterocycles. The Hall–Kier alpha value is -1.35. The summed E-state index contributed by atoms with van der Waals surface area (Å²) in [6, 6.07) is 0. The maximum atomic E-state index is 8.64. The number of hydrogen-bond donors (Lipinski definition) is 1. The molecule has 0 rings (SSSR count). The fourth-order valence-corrected chi connectivity index (χ4v) is 2.25. The average Bonchev–Trinajstić information content (AvgIpc) is 2.47. The number of hydrogen-bond acceptors (Lipinski definition) is 3. The van der Waals surface area contributed by atoms with E-state index >= 15 is 0 Å². The largest absolute Gasteiger partial charge is 0.320 e. The Kier molecular flexibility index (Phi) is 9.73. The van der Waals surface area contributed by atoms with Crippen molar-refractivity contribution >= 4 is 5.90 Å². The van der Waals surface area contributed by atoms with Crippen LogP contribution in [0.15, 0.2) is 42.1 Å². The number of allylic oxidation sites excluding steroid dienone is 2. The Bertz CT molecular complexity index is 348. The average molecular weight is 279 g/mol. The van der Waals surface area contributed by atoms with Gasteiger partial charge in [-0.1, -0.05) is 65.7 Å². The second kappa shape index (κ2) is 10.4. The smallest absolute Gasteiger partial charge is 0.255 e. The molecule has 0 spiro atoms. The standard InChI is InChI=1S/C17H29NO2/c1-6-10-12-17(5,13-11-7-2)15(8-3)14-18-16(9-4)20-19/h8-9,14,19H,3-4,6-7,10-13H2,1-2,5H3/b15-14+,18-16+. The zero-order valence-corrected chi connectivity index (χ0v) is 13.2. The van der Waals surface area contributed by atoms with E-state index in [4.69, 9.17) is 5.26 Å². The number of aliphatic imine (C=N–C) groups is 1. The van der Waals surface area contributed by atoms with Crippen LogP contribution in [0.3, 0.4) is 0 Å². The van der Waals surface area contributed by atoms with Crippen LogP contribution in [-0.4, -0.2) is 11.2 Å². The van der Waals surface area contributed by atoms with Crippen molar-refractivity contribution in [3.63, 3.8) is 0 Å². The van der Waals surface area contributed by atoms with Crippen LogP contribution in [0.1, 0.15) is 59.3 Å². The van der Waals surface area contributed by atoms with E-state index in [2.05, 4.69) is 43.8 Å². The van der Waals surface area contributed by atoms with E-state index in [-0.39, 0.29) is 11.3 Å². The molecule has 3 nitrogen and oxygen atoms in total. The summed E-state index contributed by atoms with van der Waals surface area (Å²) in [7, 11) is 0. The lowest BCUT2D eigenvalue weighted by atomic mass is 9.74. The molecule has 20 heavy (non-hydrogen) atoms. The van der Waals surface area contributed by atoms with Crippen molar-refractivity contribution in [3.05, 3.63) is 37.1 Å². The molecule has 0 fully saturated rings. The summed E-state index contributed by atoms with van der Waals surface area (Å²) in [6.07, 6.45) is 11.9. The first-order valence-corrected chi connectivity index (χ1v) is 7.42. The highest BCUT2D eigenvalue weighted by molar-refractivity contribution is 5.86. The van der Waals surface area contributed by atoms with Gasteiger partial charge in [0, 0.05) is 6.20 Å². The molecule has 0 atom stereocenters. The Balaban J connectivity index is 5.24. The van der Waals surface area contributed by atoms with Crippen molar-refractivity contribution in [2.75, 3.05) is 0 Å². The van der Waals surface area contributed by atoms with Crippen LogP contribution in [0.2, 0.25) is 0 Å². The zero-order chi connectivity index (χ0) is 15.4. The minimum atomic E-state index is 0.0685. The summed E-state index contributed by atoms with van der Waals surface area (Å²) in [5, 5.41) is 8.64. The Morgan fingerprint density at radius 3 is 2.05 bits per heavy atom. The predicted molar refractivity (Wildman–Crippen MR) is 86.8 cm³/mol. The summed E-state index contributed by atoms with van der Waals surface area (Å²) in [4.78, 5) is 8.23. The van der Waals surface area contributed by atoms with Gasteiger partial charge in [0.25, 0.3) is 5.90 Å². The predicted octanol–water partition coefficient (Wildman–Crippen LogP) is 5.52. The van der Waals surface area contributed by atoms with Gasteiger partial charge in [-0.05, 0) is 29.9 Å². The first-order chi connectivity index (χ1) is 9.57. The maximum absolute atomic E-state index is 8.64. The molecule has 0 aliphatic carbocycles. The minimum absolute atomic E-state index is 0.0685. The summed E-state index contributed by atoms with van der Waals surface area (Å²) in [5.74, 6) is 0.0951. The van der Waals surface area contributed by atoms with Gasteiger partial charge in [0.15, 0.2) is 0 Å². The maximum Gasteiger partial charge on any atom is 0.255 e. The molecule has 0 bridgehead atoms. The van der Waals surface area contributed by atoms with Gasteiger partial charge in [0.2, 0.25) is 0 Å². The Morgan fingerprint density at radius 1 is 1.15 bits per heavy atom. The molecule has 3 heteroatoms. The van der Waals surface area contributed by atoms with Gasteiger partial charge in [0.05, 0.1) is 0 Å². The second-order valence-electron chi connectivity index (χ2n) is 5.32. The van der Waals surface area contributed by atoms with Crippen molar-refractivity contribution < 1.29 is 10.1 Å². The Labute approximate surface area is 123 Å². The molecule has 0 saturated heterocycles. The second-order valence-corrected chi connectivity index (χ2v) is 5.32. The van der Waals surface area contributed by atoms with E-state index in [0.717, 1.165) is 18.4 Å². The molecule has 0 aliphatic rings. The van der Waals surface area contributed by atoms with Crippen LogP contribution >= 0.6 is 0 Å². The highest BCUT2D eigenvalue weighted by Gasteiger charge is 2.26. The quantitative estimate of drug-likeness (QED) is 0.188. The molecular formula is C17H29NO2. The fraction of sp³-hybridized carbons (Fsp3) is 0.588. The van der Waals surface area contributed by atoms with Gasteiger partial charge in [0.1, 0.15) is 0 Å². The van der Waals surface area contributed by atoms with Crippen LogP contribution < -0.4 is 0 Å². The van der Waals surface area contributed by atoms with Crippen molar-refractivity contribution in [2.24, 2.45) is 10.4 Å². The number of unbranched alkanes of at least 4 members (excludes halogenated alkanes) is 2. The van der Waals surface area contributed by atoms with Crippen molar-refractivity contribution in [1.29, 1.82) is 0 Å². The number of nitrogens with zero attached hydrogens (tertiary/aromatic N) is 1. The lowest BCUT2D eigenvalue weighted by molar-refractivity contribution is -0.153. The molecule has 0 unspecified atom stereocenters. The first kappa shape index (κ1) is 18.7. The number of rotatable bonds is 10. The summed E-state index contributed by atoms with van der Waals surface area (Å²) in [5.41, 5.74) is 1.15. The minimum Gasteiger partial charge on any atom is -0.320 e. The Morgan fingerprint density at radius 2 is 1.70 bits per heavy atom. The van der Waals surface area contributed by atoms with E-state index in [1.807, 2.05) is 6.08 Å². The van der Waals surface area contributed by atoms with Crippen LogP contribution in [0, 0.1) is 5.41 Å². The molecule has 0 aliphatic heterocycles. The van der Waals surface area contributed by atoms with E-state index in [9.17, 15) is 0 Å². The third-order valence-corrected chi connectivity index (χ3v) is 3.68. The third-order valence-electron chi connectivity index (χ3n) is 3.68. The van der Waals surface area contributed by atoms with Crippen LogP contribution in [0.5, 0.6) is 0 Å². The molecule has 0 amide bonds. The third kappa shape index (κ3) is 6.20. The van der Waals surface area contributed by atoms with Crippen molar-refractivity contribution in [3.8, 4) is 0 Å². The summed E-state index contributed by atoms with van der Waals surface area (Å²) in [6.45, 7) is 14.1. The van der Waals surface area contributed by atoms with Crippen molar-refractivity contribution in [2.45, 2.75) is 59.3 Å². The van der Waals surface area contributed by atoms with Crippen LogP contribution in [0.25, 0.3) is 0 Å².